The van der Waals surface area contributed by atoms with Crippen molar-refractivity contribution < 1.29 is 4.79 Å². The van der Waals surface area contributed by atoms with E-state index in [1.807, 2.05) is 18.2 Å². The second-order valence-electron chi connectivity index (χ2n) is 5.31. The molecule has 1 aliphatic heterocycles. The molecule has 0 saturated carbocycles. The Hall–Kier alpha value is -2.08. The molecule has 114 valence electrons. The van der Waals surface area contributed by atoms with E-state index >= 15 is 0 Å². The molecule has 1 fully saturated rings. The lowest BCUT2D eigenvalue weighted by Crippen LogP contribution is -2.27. The summed E-state index contributed by atoms with van der Waals surface area (Å²) in [6, 6.07) is 10.3. The van der Waals surface area contributed by atoms with Crippen molar-refractivity contribution in [3.05, 3.63) is 52.8 Å². The number of carbonyl (C=O) groups is 1. The summed E-state index contributed by atoms with van der Waals surface area (Å²) in [7, 11) is 0. The van der Waals surface area contributed by atoms with Crippen LogP contribution < -0.4 is 16.0 Å². The molecule has 1 aromatic heterocycles. The van der Waals surface area contributed by atoms with Gasteiger partial charge in [-0.1, -0.05) is 12.1 Å². The molecular weight excluding hydrogens is 344 g/mol. The first-order valence-electron chi connectivity index (χ1n) is 7.15. The first kappa shape index (κ1) is 14.8. The number of rotatable bonds is 4. The van der Waals surface area contributed by atoms with Gasteiger partial charge in [-0.15, -0.1) is 0 Å². The first-order chi connectivity index (χ1) is 10.6. The molecule has 5 nitrogen and oxygen atoms in total. The third-order valence-corrected chi connectivity index (χ3v) is 4.50. The van der Waals surface area contributed by atoms with Crippen LogP contribution in [0.5, 0.6) is 0 Å². The average molecular weight is 361 g/mol. The van der Waals surface area contributed by atoms with Gasteiger partial charge in [-0.25, -0.2) is 0 Å². The Labute approximate surface area is 137 Å². The molecule has 1 aromatic carbocycles. The summed E-state index contributed by atoms with van der Waals surface area (Å²) >= 11 is 3.59. The van der Waals surface area contributed by atoms with Crippen LogP contribution in [-0.2, 0) is 0 Å². The Balaban J connectivity index is 1.72. The number of nitrogens with zero attached hydrogens (tertiary/aromatic N) is 2. The van der Waals surface area contributed by atoms with Gasteiger partial charge in [0, 0.05) is 36.0 Å². The zero-order chi connectivity index (χ0) is 15.5. The highest BCUT2D eigenvalue weighted by atomic mass is 79.9. The number of carbonyl (C=O) groups excluding carboxylic acids is 1. The summed E-state index contributed by atoms with van der Waals surface area (Å²) in [5.41, 5.74) is 7.77. The second-order valence-corrected chi connectivity index (χ2v) is 6.17. The standard InChI is InChI=1S/C16H17BrN4O/c17-13-3-1-2-4-15(13)21-8-6-11(10-21)20-14-5-7-19-9-12(14)16(18)22/h1-5,7,9,11H,6,8,10H2,(H2,18,22)(H,19,20). The molecule has 1 aliphatic rings. The lowest BCUT2D eigenvalue weighted by Gasteiger charge is -2.21. The molecule has 0 spiro atoms. The molecule has 1 amide bonds. The Morgan fingerprint density at radius 1 is 1.36 bits per heavy atom. The van der Waals surface area contributed by atoms with Gasteiger partial charge in [0.2, 0.25) is 0 Å². The van der Waals surface area contributed by atoms with E-state index in [1.165, 1.54) is 11.9 Å². The van der Waals surface area contributed by atoms with E-state index in [0.717, 1.165) is 29.7 Å². The van der Waals surface area contributed by atoms with Crippen LogP contribution in [0.2, 0.25) is 0 Å². The van der Waals surface area contributed by atoms with Crippen molar-refractivity contribution in [1.29, 1.82) is 0 Å². The molecule has 1 unspecified atom stereocenters. The number of benzene rings is 1. The number of nitrogens with two attached hydrogens (primary N) is 1. The number of amides is 1. The number of halogens is 1. The highest BCUT2D eigenvalue weighted by Gasteiger charge is 2.24. The number of hydrogen-bond donors (Lipinski definition) is 2. The predicted octanol–water partition coefficient (Wildman–Crippen LogP) is 2.63. The van der Waals surface area contributed by atoms with Crippen molar-refractivity contribution in [3.63, 3.8) is 0 Å². The Bertz CT molecular complexity index is 691. The summed E-state index contributed by atoms with van der Waals surface area (Å²) in [4.78, 5) is 17.7. The van der Waals surface area contributed by atoms with Gasteiger partial charge in [0.25, 0.3) is 5.91 Å². The summed E-state index contributed by atoms with van der Waals surface area (Å²) in [5.74, 6) is -0.462. The van der Waals surface area contributed by atoms with Gasteiger partial charge in [0.05, 0.1) is 16.9 Å². The first-order valence-corrected chi connectivity index (χ1v) is 7.94. The summed E-state index contributed by atoms with van der Waals surface area (Å²) in [5, 5.41) is 3.41. The van der Waals surface area contributed by atoms with E-state index in [0.29, 0.717) is 5.56 Å². The van der Waals surface area contributed by atoms with E-state index in [4.69, 9.17) is 5.73 Å². The molecule has 0 bridgehead atoms. The fraction of sp³-hybridized carbons (Fsp3) is 0.250. The fourth-order valence-corrected chi connectivity index (χ4v) is 3.28. The largest absolute Gasteiger partial charge is 0.380 e. The number of aromatic nitrogens is 1. The van der Waals surface area contributed by atoms with Crippen LogP contribution in [0.4, 0.5) is 11.4 Å². The lowest BCUT2D eigenvalue weighted by molar-refractivity contribution is 0.100. The van der Waals surface area contributed by atoms with E-state index in [-0.39, 0.29) is 6.04 Å². The number of hydrogen-bond acceptors (Lipinski definition) is 4. The highest BCUT2D eigenvalue weighted by molar-refractivity contribution is 9.10. The maximum atomic E-state index is 11.5. The van der Waals surface area contributed by atoms with E-state index in [1.54, 1.807) is 12.3 Å². The highest BCUT2D eigenvalue weighted by Crippen LogP contribution is 2.29. The summed E-state index contributed by atoms with van der Waals surface area (Å²) in [6.45, 7) is 1.85. The van der Waals surface area contributed by atoms with Crippen LogP contribution in [0.15, 0.2) is 47.2 Å². The van der Waals surface area contributed by atoms with Gasteiger partial charge in [-0.05, 0) is 40.5 Å². The smallest absolute Gasteiger partial charge is 0.252 e. The van der Waals surface area contributed by atoms with Gasteiger partial charge in [0.1, 0.15) is 0 Å². The van der Waals surface area contributed by atoms with Gasteiger partial charge in [-0.3, -0.25) is 9.78 Å². The minimum Gasteiger partial charge on any atom is -0.380 e. The summed E-state index contributed by atoms with van der Waals surface area (Å²) < 4.78 is 1.09. The van der Waals surface area contributed by atoms with Crippen molar-refractivity contribution in [1.82, 2.24) is 4.98 Å². The molecule has 1 saturated heterocycles. The average Bonchev–Trinajstić information content (AvgIpc) is 2.96. The molecule has 2 aromatic rings. The number of anilines is 2. The number of primary amides is 1. The van der Waals surface area contributed by atoms with E-state index < -0.39 is 5.91 Å². The summed E-state index contributed by atoms with van der Waals surface area (Å²) in [6.07, 6.45) is 4.17. The lowest BCUT2D eigenvalue weighted by atomic mass is 10.2. The van der Waals surface area contributed by atoms with E-state index in [2.05, 4.69) is 37.2 Å². The zero-order valence-corrected chi connectivity index (χ0v) is 13.6. The molecule has 22 heavy (non-hydrogen) atoms. The van der Waals surface area contributed by atoms with Crippen molar-refractivity contribution in [2.45, 2.75) is 12.5 Å². The molecule has 3 N–H and O–H groups in total. The molecule has 0 aliphatic carbocycles. The molecule has 2 heterocycles. The van der Waals surface area contributed by atoms with Crippen LogP contribution in [0.25, 0.3) is 0 Å². The Morgan fingerprint density at radius 2 is 2.18 bits per heavy atom. The van der Waals surface area contributed by atoms with E-state index in [9.17, 15) is 4.79 Å². The Kier molecular flexibility index (Phi) is 4.29. The normalized spacial score (nSPS) is 17.5. The quantitative estimate of drug-likeness (QED) is 0.878. The Morgan fingerprint density at radius 3 is 2.95 bits per heavy atom. The topological polar surface area (TPSA) is 71.2 Å². The third kappa shape index (κ3) is 3.06. The molecule has 0 radical (unpaired) electrons. The number of para-hydroxylation sites is 1. The molecule has 6 heteroatoms. The molecule has 1 atom stereocenters. The monoisotopic (exact) mass is 360 g/mol. The van der Waals surface area contributed by atoms with Gasteiger partial charge in [0.15, 0.2) is 0 Å². The van der Waals surface area contributed by atoms with Gasteiger partial charge in [-0.2, -0.15) is 0 Å². The number of nitrogens with one attached hydrogen (secondary N) is 1. The third-order valence-electron chi connectivity index (χ3n) is 3.83. The van der Waals surface area contributed by atoms with Crippen LogP contribution >= 0.6 is 15.9 Å². The molecule has 3 rings (SSSR count). The van der Waals surface area contributed by atoms with Gasteiger partial charge < -0.3 is 16.0 Å². The van der Waals surface area contributed by atoms with Crippen molar-refractivity contribution in [2.75, 3.05) is 23.3 Å². The maximum Gasteiger partial charge on any atom is 0.252 e. The number of pyridine rings is 1. The predicted molar refractivity (Wildman–Crippen MR) is 91.1 cm³/mol. The van der Waals surface area contributed by atoms with Crippen molar-refractivity contribution >= 4 is 33.2 Å². The van der Waals surface area contributed by atoms with Gasteiger partial charge >= 0.3 is 0 Å². The van der Waals surface area contributed by atoms with Crippen LogP contribution in [0, 0.1) is 0 Å². The minimum absolute atomic E-state index is 0.271. The fourth-order valence-electron chi connectivity index (χ4n) is 2.74. The minimum atomic E-state index is -0.462. The second kappa shape index (κ2) is 6.36. The molecular formula is C16H17BrN4O. The SMILES string of the molecule is NC(=O)c1cnccc1NC1CCN(c2ccccc2Br)C1. The van der Waals surface area contributed by atoms with Crippen molar-refractivity contribution in [3.8, 4) is 0 Å². The van der Waals surface area contributed by atoms with Crippen LogP contribution in [-0.4, -0.2) is 30.0 Å². The maximum absolute atomic E-state index is 11.5. The van der Waals surface area contributed by atoms with Crippen LogP contribution in [0.1, 0.15) is 16.8 Å². The zero-order valence-electron chi connectivity index (χ0n) is 12.0. The van der Waals surface area contributed by atoms with Crippen LogP contribution in [0.3, 0.4) is 0 Å². The van der Waals surface area contributed by atoms with Crippen molar-refractivity contribution in [2.24, 2.45) is 5.73 Å².